The van der Waals surface area contributed by atoms with Gasteiger partial charge >= 0.3 is 0 Å². The van der Waals surface area contributed by atoms with Crippen LogP contribution < -0.4 is 4.57 Å². The van der Waals surface area contributed by atoms with Gasteiger partial charge in [0.05, 0.1) is 19.7 Å². The molecular formula is C35H44N5+. The van der Waals surface area contributed by atoms with Crippen LogP contribution in [0.3, 0.4) is 0 Å². The minimum Gasteiger partial charge on any atom is -0.233 e. The van der Waals surface area contributed by atoms with Gasteiger partial charge in [0, 0.05) is 16.4 Å². The van der Waals surface area contributed by atoms with E-state index in [0.717, 1.165) is 46.9 Å². The van der Waals surface area contributed by atoms with Crippen LogP contribution in [-0.2, 0) is 24.9 Å². The fourth-order valence-electron chi connectivity index (χ4n) is 11.7. The number of hydrogen-bond donors (Lipinski definition) is 0. The normalized spacial score (nSPS) is 38.9. The van der Waals surface area contributed by atoms with Crippen molar-refractivity contribution in [3.8, 4) is 22.8 Å². The molecule has 5 heteroatoms. The average molecular weight is 535 g/mol. The van der Waals surface area contributed by atoms with Crippen LogP contribution in [0.4, 0.5) is 0 Å². The molecule has 2 aromatic heterocycles. The molecule has 0 unspecified atom stereocenters. The summed E-state index contributed by atoms with van der Waals surface area (Å²) in [6.07, 6.45) is 20.8. The van der Waals surface area contributed by atoms with Crippen molar-refractivity contribution in [1.29, 1.82) is 0 Å². The van der Waals surface area contributed by atoms with Gasteiger partial charge in [0.2, 0.25) is 0 Å². The van der Waals surface area contributed by atoms with E-state index in [9.17, 15) is 0 Å². The molecule has 8 fully saturated rings. The van der Waals surface area contributed by atoms with Gasteiger partial charge in [-0.05, 0) is 131 Å². The Morgan fingerprint density at radius 3 is 1.62 bits per heavy atom. The Hall–Kier alpha value is -2.56. The van der Waals surface area contributed by atoms with E-state index >= 15 is 0 Å². The van der Waals surface area contributed by atoms with E-state index in [1.54, 1.807) is 0 Å². The van der Waals surface area contributed by atoms with Crippen LogP contribution in [0, 0.1) is 42.4 Å². The second kappa shape index (κ2) is 8.26. The van der Waals surface area contributed by atoms with E-state index in [2.05, 4.69) is 60.7 Å². The minimum atomic E-state index is 0.182. The molecule has 8 bridgehead atoms. The van der Waals surface area contributed by atoms with Crippen LogP contribution in [0.15, 0.2) is 30.6 Å². The lowest BCUT2D eigenvalue weighted by atomic mass is 9.49. The molecule has 11 rings (SSSR count). The molecule has 0 saturated heterocycles. The Labute approximate surface area is 238 Å². The predicted molar refractivity (Wildman–Crippen MR) is 155 cm³/mol. The van der Waals surface area contributed by atoms with Gasteiger partial charge in [0.15, 0.2) is 5.82 Å². The maximum absolute atomic E-state index is 5.63. The molecule has 8 saturated carbocycles. The molecule has 208 valence electrons. The lowest BCUT2D eigenvalue weighted by Crippen LogP contribution is -2.51. The molecule has 0 atom stereocenters. The fraction of sp³-hybridized carbons (Fsp3) is 0.657. The van der Waals surface area contributed by atoms with Gasteiger partial charge in [-0.2, -0.15) is 0 Å². The zero-order valence-electron chi connectivity index (χ0n) is 24.6. The Balaban J connectivity index is 1.21. The van der Waals surface area contributed by atoms with Crippen molar-refractivity contribution in [1.82, 2.24) is 19.5 Å². The largest absolute Gasteiger partial charge is 0.288 e. The Kier molecular flexibility index (Phi) is 4.97. The maximum Gasteiger partial charge on any atom is 0.288 e. The maximum atomic E-state index is 5.63. The summed E-state index contributed by atoms with van der Waals surface area (Å²) in [6, 6.07) is 6.90. The lowest BCUT2D eigenvalue weighted by Gasteiger charge is -2.57. The summed E-state index contributed by atoms with van der Waals surface area (Å²) in [5.74, 6) is 9.82. The summed E-state index contributed by atoms with van der Waals surface area (Å²) in [6.45, 7) is 2.22. The first kappa shape index (κ1) is 24.1. The highest BCUT2D eigenvalue weighted by Crippen LogP contribution is 2.62. The summed E-state index contributed by atoms with van der Waals surface area (Å²) in [5, 5.41) is 0. The second-order valence-electron chi connectivity index (χ2n) is 15.6. The number of nitrogens with zero attached hydrogens (tertiary/aromatic N) is 5. The lowest BCUT2D eigenvalue weighted by molar-refractivity contribution is -0.659. The molecule has 3 aromatic rings. The van der Waals surface area contributed by atoms with Crippen molar-refractivity contribution in [2.75, 3.05) is 0 Å². The summed E-state index contributed by atoms with van der Waals surface area (Å²) in [4.78, 5) is 16.6. The van der Waals surface area contributed by atoms with Crippen molar-refractivity contribution in [3.05, 3.63) is 47.8 Å². The molecule has 0 N–H and O–H groups in total. The predicted octanol–water partition coefficient (Wildman–Crippen LogP) is 6.61. The molecule has 8 aliphatic rings. The Morgan fingerprint density at radius 1 is 0.725 bits per heavy atom. The third-order valence-electron chi connectivity index (χ3n) is 12.6. The molecule has 0 aliphatic heterocycles. The highest BCUT2D eigenvalue weighted by atomic mass is 15.1. The number of aryl methyl sites for hydroxylation is 3. The van der Waals surface area contributed by atoms with Crippen molar-refractivity contribution in [2.45, 2.75) is 94.8 Å². The van der Waals surface area contributed by atoms with Gasteiger partial charge in [-0.3, -0.25) is 0 Å². The number of rotatable bonds is 4. The van der Waals surface area contributed by atoms with Crippen molar-refractivity contribution in [3.63, 3.8) is 0 Å². The third kappa shape index (κ3) is 3.51. The van der Waals surface area contributed by atoms with Gasteiger partial charge < -0.3 is 0 Å². The number of hydrogen-bond acceptors (Lipinski definition) is 3. The smallest absolute Gasteiger partial charge is 0.233 e. The molecule has 0 spiro atoms. The van der Waals surface area contributed by atoms with Gasteiger partial charge in [-0.15, -0.1) is 0 Å². The van der Waals surface area contributed by atoms with E-state index < -0.39 is 0 Å². The van der Waals surface area contributed by atoms with Gasteiger partial charge in [-0.25, -0.2) is 24.1 Å². The highest BCUT2D eigenvalue weighted by Gasteiger charge is 2.56. The summed E-state index contributed by atoms with van der Waals surface area (Å²) < 4.78 is 4.45. The van der Waals surface area contributed by atoms with E-state index in [4.69, 9.17) is 15.0 Å². The molecular weight excluding hydrogens is 490 g/mol. The van der Waals surface area contributed by atoms with Crippen molar-refractivity contribution in [2.24, 2.45) is 49.6 Å². The SMILES string of the molecule is Cc1ccc(-c2nc(C34CC5CC(CC(C5)C3)C4)nc(C34CC5CC(CC(C5)C3)C4)n2)cc1-c1n(C)cc[n+]1C. The topological polar surface area (TPSA) is 47.5 Å². The Bertz CT molecular complexity index is 1360. The first-order valence-electron chi connectivity index (χ1n) is 16.2. The monoisotopic (exact) mass is 534 g/mol. The van der Waals surface area contributed by atoms with Crippen molar-refractivity contribution >= 4 is 0 Å². The van der Waals surface area contributed by atoms with Crippen LogP contribution in [0.25, 0.3) is 22.8 Å². The summed E-state index contributed by atoms with van der Waals surface area (Å²) in [7, 11) is 4.28. The standard InChI is InChI=1S/C35H44N5/c1-21-4-5-28(14-29(21)31-39(2)6-7-40(31)3)30-36-32(34-15-22-8-23(16-34)10-24(9-22)17-34)38-33(37-30)35-18-25-11-26(19-35)13-27(12-25)20-35/h4-7,14,22-27H,8-13,15-20H2,1-3H3/q+1. The van der Waals surface area contributed by atoms with Crippen LogP contribution in [0.1, 0.15) is 94.3 Å². The van der Waals surface area contributed by atoms with E-state index in [1.165, 1.54) is 106 Å². The van der Waals surface area contributed by atoms with Crippen LogP contribution in [0.5, 0.6) is 0 Å². The molecule has 5 nitrogen and oxygen atoms in total. The summed E-state index contributed by atoms with van der Waals surface area (Å²) in [5.41, 5.74) is 4.07. The third-order valence-corrected chi connectivity index (χ3v) is 12.6. The van der Waals surface area contributed by atoms with E-state index in [0.29, 0.717) is 0 Å². The van der Waals surface area contributed by atoms with Crippen LogP contribution >= 0.6 is 0 Å². The molecule has 0 amide bonds. The van der Waals surface area contributed by atoms with Crippen molar-refractivity contribution < 1.29 is 4.57 Å². The zero-order valence-corrected chi connectivity index (χ0v) is 24.6. The number of benzene rings is 1. The Morgan fingerprint density at radius 2 is 1.20 bits per heavy atom. The quantitative estimate of drug-likeness (QED) is 0.354. The van der Waals surface area contributed by atoms with E-state index in [1.807, 2.05) is 0 Å². The zero-order chi connectivity index (χ0) is 26.8. The number of imidazole rings is 1. The molecule has 8 aliphatic carbocycles. The molecule has 2 heterocycles. The first-order valence-corrected chi connectivity index (χ1v) is 16.2. The first-order chi connectivity index (χ1) is 19.3. The fourth-order valence-corrected chi connectivity index (χ4v) is 11.7. The highest BCUT2D eigenvalue weighted by molar-refractivity contribution is 5.68. The molecule has 1 aromatic carbocycles. The molecule has 40 heavy (non-hydrogen) atoms. The van der Waals surface area contributed by atoms with Crippen LogP contribution in [0.2, 0.25) is 0 Å². The van der Waals surface area contributed by atoms with E-state index in [-0.39, 0.29) is 10.8 Å². The van der Waals surface area contributed by atoms with Gasteiger partial charge in [0.25, 0.3) is 5.82 Å². The minimum absolute atomic E-state index is 0.182. The van der Waals surface area contributed by atoms with Gasteiger partial charge in [-0.1, -0.05) is 12.1 Å². The number of aromatic nitrogens is 5. The summed E-state index contributed by atoms with van der Waals surface area (Å²) >= 11 is 0. The molecule has 0 radical (unpaired) electrons. The second-order valence-corrected chi connectivity index (χ2v) is 15.6. The van der Waals surface area contributed by atoms with Gasteiger partial charge in [0.1, 0.15) is 24.0 Å². The van der Waals surface area contributed by atoms with Crippen LogP contribution in [-0.4, -0.2) is 19.5 Å². The average Bonchev–Trinajstić information content (AvgIpc) is 3.24.